The van der Waals surface area contributed by atoms with Gasteiger partial charge in [-0.05, 0) is 34.0 Å². The monoisotopic (exact) mass is 201 g/mol. The minimum atomic E-state index is -0.151. The Morgan fingerprint density at radius 1 is 1.45 bits per heavy atom. The highest BCUT2D eigenvalue weighted by Crippen LogP contribution is 1.96. The molecule has 0 aliphatic rings. The molecule has 0 aliphatic carbocycles. The standard InChI is InChI=1S/C7H16ClNO.ClH/c1-7(8)10-6-4-5-9(2)3;/h7H,4-6H2,1-3H3;1H. The van der Waals surface area contributed by atoms with Gasteiger partial charge >= 0.3 is 0 Å². The van der Waals surface area contributed by atoms with Crippen LogP contribution < -0.4 is 0 Å². The molecule has 0 aromatic heterocycles. The summed E-state index contributed by atoms with van der Waals surface area (Å²) >= 11 is 5.56. The molecule has 4 heteroatoms. The van der Waals surface area contributed by atoms with Crippen molar-refractivity contribution < 1.29 is 4.74 Å². The Morgan fingerprint density at radius 2 is 2.00 bits per heavy atom. The van der Waals surface area contributed by atoms with Gasteiger partial charge in [0.15, 0.2) is 0 Å². The van der Waals surface area contributed by atoms with Crippen LogP contribution in [0.2, 0.25) is 0 Å². The van der Waals surface area contributed by atoms with Crippen LogP contribution in [0.1, 0.15) is 13.3 Å². The Labute approximate surface area is 80.3 Å². The molecule has 11 heavy (non-hydrogen) atoms. The van der Waals surface area contributed by atoms with Crippen molar-refractivity contribution in [1.29, 1.82) is 0 Å². The van der Waals surface area contributed by atoms with Crippen molar-refractivity contribution in [3.05, 3.63) is 0 Å². The topological polar surface area (TPSA) is 12.5 Å². The van der Waals surface area contributed by atoms with E-state index in [0.29, 0.717) is 0 Å². The summed E-state index contributed by atoms with van der Waals surface area (Å²) in [5, 5.41) is 0. The molecule has 0 heterocycles. The van der Waals surface area contributed by atoms with Gasteiger partial charge < -0.3 is 9.64 Å². The fourth-order valence-electron chi connectivity index (χ4n) is 0.627. The first-order valence-electron chi connectivity index (χ1n) is 3.53. The van der Waals surface area contributed by atoms with Gasteiger partial charge in [-0.1, -0.05) is 11.6 Å². The van der Waals surface area contributed by atoms with Gasteiger partial charge in [0.2, 0.25) is 0 Å². The number of alkyl halides is 1. The molecule has 0 spiro atoms. The van der Waals surface area contributed by atoms with E-state index in [2.05, 4.69) is 4.90 Å². The summed E-state index contributed by atoms with van der Waals surface area (Å²) in [6.07, 6.45) is 1.05. The number of hydrogen-bond donors (Lipinski definition) is 0. The molecule has 0 N–H and O–H groups in total. The van der Waals surface area contributed by atoms with E-state index in [1.54, 1.807) is 0 Å². The summed E-state index contributed by atoms with van der Waals surface area (Å²) < 4.78 is 5.13. The van der Waals surface area contributed by atoms with Crippen LogP contribution >= 0.6 is 24.0 Å². The molecular weight excluding hydrogens is 185 g/mol. The van der Waals surface area contributed by atoms with Crippen molar-refractivity contribution in [3.8, 4) is 0 Å². The van der Waals surface area contributed by atoms with E-state index >= 15 is 0 Å². The van der Waals surface area contributed by atoms with E-state index in [1.807, 2.05) is 21.0 Å². The van der Waals surface area contributed by atoms with E-state index in [4.69, 9.17) is 16.3 Å². The minimum absolute atomic E-state index is 0. The van der Waals surface area contributed by atoms with E-state index in [0.717, 1.165) is 19.6 Å². The Balaban J connectivity index is 0. The SMILES string of the molecule is CC(Cl)OCCCN(C)C.Cl. The lowest BCUT2D eigenvalue weighted by molar-refractivity contribution is 0.111. The van der Waals surface area contributed by atoms with Gasteiger partial charge in [0.1, 0.15) is 5.56 Å². The third-order valence-electron chi connectivity index (χ3n) is 1.10. The van der Waals surface area contributed by atoms with Crippen LogP contribution in [0.3, 0.4) is 0 Å². The Kier molecular flexibility index (Phi) is 11.0. The summed E-state index contributed by atoms with van der Waals surface area (Å²) in [7, 11) is 4.09. The third-order valence-corrected chi connectivity index (χ3v) is 1.22. The fourth-order valence-corrected chi connectivity index (χ4v) is 0.716. The molecule has 0 amide bonds. The smallest absolute Gasteiger partial charge is 0.128 e. The molecule has 1 unspecified atom stereocenters. The summed E-state index contributed by atoms with van der Waals surface area (Å²) in [6.45, 7) is 3.64. The van der Waals surface area contributed by atoms with Crippen LogP contribution in [0.15, 0.2) is 0 Å². The van der Waals surface area contributed by atoms with Crippen LogP contribution in [0.4, 0.5) is 0 Å². The average molecular weight is 202 g/mol. The number of ether oxygens (including phenoxy) is 1. The highest BCUT2D eigenvalue weighted by molar-refractivity contribution is 6.19. The predicted molar refractivity (Wildman–Crippen MR) is 51.7 cm³/mol. The number of hydrogen-bond acceptors (Lipinski definition) is 2. The highest BCUT2D eigenvalue weighted by atomic mass is 35.5. The normalized spacial score (nSPS) is 12.8. The zero-order valence-electron chi connectivity index (χ0n) is 7.34. The second-order valence-electron chi connectivity index (χ2n) is 2.57. The summed E-state index contributed by atoms with van der Waals surface area (Å²) in [6, 6.07) is 0. The molecular formula is C7H17Cl2NO. The lowest BCUT2D eigenvalue weighted by Crippen LogP contribution is -2.15. The number of halogens is 2. The Hall–Kier alpha value is 0.500. The molecule has 0 aromatic carbocycles. The Morgan fingerprint density at radius 3 is 2.36 bits per heavy atom. The summed E-state index contributed by atoms with van der Waals surface area (Å²) in [5.74, 6) is 0. The third kappa shape index (κ3) is 13.5. The molecule has 0 aliphatic heterocycles. The maximum Gasteiger partial charge on any atom is 0.128 e. The van der Waals surface area contributed by atoms with Gasteiger partial charge in [-0.3, -0.25) is 0 Å². The average Bonchev–Trinajstić information content (AvgIpc) is 1.79. The second-order valence-corrected chi connectivity index (χ2v) is 3.19. The molecule has 0 saturated heterocycles. The largest absolute Gasteiger partial charge is 0.363 e. The van der Waals surface area contributed by atoms with Gasteiger partial charge in [0, 0.05) is 6.61 Å². The number of nitrogens with zero attached hydrogens (tertiary/aromatic N) is 1. The maximum absolute atomic E-state index is 5.56. The van der Waals surface area contributed by atoms with Crippen molar-refractivity contribution in [1.82, 2.24) is 4.90 Å². The van der Waals surface area contributed by atoms with Gasteiger partial charge in [-0.15, -0.1) is 12.4 Å². The van der Waals surface area contributed by atoms with Crippen LogP contribution in [0, 0.1) is 0 Å². The molecule has 2 nitrogen and oxygen atoms in total. The lowest BCUT2D eigenvalue weighted by atomic mass is 10.4. The minimum Gasteiger partial charge on any atom is -0.363 e. The molecule has 0 bridgehead atoms. The van der Waals surface area contributed by atoms with Gasteiger partial charge in [-0.2, -0.15) is 0 Å². The van der Waals surface area contributed by atoms with Gasteiger partial charge in [0.05, 0.1) is 0 Å². The highest BCUT2D eigenvalue weighted by Gasteiger charge is 1.94. The molecule has 0 radical (unpaired) electrons. The van der Waals surface area contributed by atoms with E-state index in [1.165, 1.54) is 0 Å². The van der Waals surface area contributed by atoms with Crippen LogP contribution in [0.25, 0.3) is 0 Å². The zero-order chi connectivity index (χ0) is 7.98. The quantitative estimate of drug-likeness (QED) is 0.499. The summed E-state index contributed by atoms with van der Waals surface area (Å²) in [5.41, 5.74) is -0.151. The fraction of sp³-hybridized carbons (Fsp3) is 1.00. The Bertz CT molecular complexity index is 68.8. The van der Waals surface area contributed by atoms with E-state index in [-0.39, 0.29) is 18.0 Å². The van der Waals surface area contributed by atoms with Crippen molar-refractivity contribution in [3.63, 3.8) is 0 Å². The molecule has 1 atom stereocenters. The lowest BCUT2D eigenvalue weighted by Gasteiger charge is -2.09. The van der Waals surface area contributed by atoms with Crippen LogP contribution in [-0.4, -0.2) is 37.7 Å². The number of rotatable bonds is 5. The molecule has 0 rings (SSSR count). The molecule has 0 aromatic rings. The molecule has 70 valence electrons. The van der Waals surface area contributed by atoms with Gasteiger partial charge in [-0.25, -0.2) is 0 Å². The van der Waals surface area contributed by atoms with E-state index in [9.17, 15) is 0 Å². The van der Waals surface area contributed by atoms with Crippen molar-refractivity contribution in [2.75, 3.05) is 27.2 Å². The zero-order valence-corrected chi connectivity index (χ0v) is 8.91. The first kappa shape index (κ1) is 14.0. The summed E-state index contributed by atoms with van der Waals surface area (Å²) in [4.78, 5) is 2.13. The maximum atomic E-state index is 5.56. The van der Waals surface area contributed by atoms with Crippen molar-refractivity contribution >= 4 is 24.0 Å². The molecule has 0 saturated carbocycles. The predicted octanol–water partition coefficient (Wildman–Crippen LogP) is 1.96. The van der Waals surface area contributed by atoms with Crippen LogP contribution in [-0.2, 0) is 4.74 Å². The van der Waals surface area contributed by atoms with Crippen molar-refractivity contribution in [2.24, 2.45) is 0 Å². The first-order valence-corrected chi connectivity index (χ1v) is 3.97. The second kappa shape index (κ2) is 8.60. The molecule has 0 fully saturated rings. The first-order chi connectivity index (χ1) is 4.63. The van der Waals surface area contributed by atoms with Crippen molar-refractivity contribution in [2.45, 2.75) is 18.9 Å². The van der Waals surface area contributed by atoms with E-state index < -0.39 is 0 Å². The van der Waals surface area contributed by atoms with Crippen LogP contribution in [0.5, 0.6) is 0 Å². The van der Waals surface area contributed by atoms with Gasteiger partial charge in [0.25, 0.3) is 0 Å².